The van der Waals surface area contributed by atoms with Crippen molar-refractivity contribution in [3.05, 3.63) is 65.2 Å². The van der Waals surface area contributed by atoms with E-state index >= 15 is 0 Å². The summed E-state index contributed by atoms with van der Waals surface area (Å²) in [6.07, 6.45) is 0. The number of nitrogens with two attached hydrogens (primary N) is 1. The number of aryl methyl sites for hydroxylation is 1. The third-order valence-corrected chi connectivity index (χ3v) is 6.24. The number of likely N-dealkylation sites (N-methyl/N-ethyl adjacent to an activating group) is 1. The predicted octanol–water partition coefficient (Wildman–Crippen LogP) is 1.36. The van der Waals surface area contributed by atoms with E-state index in [0.29, 0.717) is 17.7 Å². The predicted molar refractivity (Wildman–Crippen MR) is 113 cm³/mol. The average Bonchev–Trinajstić information content (AvgIpc) is 2.69. The first-order valence-corrected chi connectivity index (χ1v) is 11.2. The number of nitrogens with zero attached hydrogens (tertiary/aromatic N) is 2. The zero-order chi connectivity index (χ0) is 21.0. The summed E-state index contributed by atoms with van der Waals surface area (Å²) in [5, 5.41) is 8.33. The van der Waals surface area contributed by atoms with Crippen molar-refractivity contribution in [2.45, 2.75) is 17.9 Å². The Morgan fingerprint density at radius 3 is 2.38 bits per heavy atom. The van der Waals surface area contributed by atoms with Gasteiger partial charge in [0.25, 0.3) is 5.91 Å². The Morgan fingerprint density at radius 2 is 1.76 bits per heavy atom. The van der Waals surface area contributed by atoms with Gasteiger partial charge in [-0.25, -0.2) is 13.6 Å². The van der Waals surface area contributed by atoms with Gasteiger partial charge in [0.15, 0.2) is 0 Å². The first-order valence-electron chi connectivity index (χ1n) is 9.64. The fourth-order valence-electron chi connectivity index (χ4n) is 3.47. The van der Waals surface area contributed by atoms with Crippen LogP contribution < -0.4 is 10.5 Å². The lowest BCUT2D eigenvalue weighted by Gasteiger charge is -2.35. The molecule has 2 aromatic carbocycles. The number of rotatable bonds is 6. The standard InChI is InChI=1S/C21H28N4O3S/c1-16-8-9-18(29(22,27)28)14-19(16)21(26)23-20(17-6-4-3-5-7-17)15-25-12-10-24(2)11-13-25/h3-9,14,20H,10-13,15H2,1-2H3,(H,23,26)(H2,22,27,28). The van der Waals surface area contributed by atoms with E-state index in [1.165, 1.54) is 12.1 Å². The van der Waals surface area contributed by atoms with Gasteiger partial charge in [0.05, 0.1) is 10.9 Å². The molecular weight excluding hydrogens is 388 g/mol. The summed E-state index contributed by atoms with van der Waals surface area (Å²) in [5.74, 6) is -0.309. The molecule has 7 nitrogen and oxygen atoms in total. The van der Waals surface area contributed by atoms with Gasteiger partial charge in [0, 0.05) is 38.3 Å². The summed E-state index contributed by atoms with van der Waals surface area (Å²) in [7, 11) is -1.77. The Kier molecular flexibility index (Phi) is 6.69. The van der Waals surface area contributed by atoms with Gasteiger partial charge in [0.2, 0.25) is 10.0 Å². The second kappa shape index (κ2) is 9.04. The van der Waals surface area contributed by atoms with Crippen LogP contribution in [-0.2, 0) is 10.0 Å². The van der Waals surface area contributed by atoms with E-state index in [9.17, 15) is 13.2 Å². The van der Waals surface area contributed by atoms with Crippen LogP contribution in [0.3, 0.4) is 0 Å². The van der Waals surface area contributed by atoms with Crippen molar-refractivity contribution in [2.75, 3.05) is 39.8 Å². The van der Waals surface area contributed by atoms with Crippen molar-refractivity contribution in [1.29, 1.82) is 0 Å². The number of hydrogen-bond donors (Lipinski definition) is 2. The normalized spacial score (nSPS) is 17.1. The number of nitrogens with one attached hydrogen (secondary N) is 1. The van der Waals surface area contributed by atoms with Gasteiger partial charge in [-0.3, -0.25) is 9.69 Å². The van der Waals surface area contributed by atoms with Crippen LogP contribution in [0, 0.1) is 6.92 Å². The number of carbonyl (C=O) groups excluding carboxylic acids is 1. The molecule has 1 aliphatic rings. The van der Waals surface area contributed by atoms with E-state index in [1.54, 1.807) is 13.0 Å². The summed E-state index contributed by atoms with van der Waals surface area (Å²) in [6, 6.07) is 14.0. The maximum absolute atomic E-state index is 13.0. The maximum atomic E-state index is 13.0. The Balaban J connectivity index is 1.83. The van der Waals surface area contributed by atoms with Crippen molar-refractivity contribution in [3.8, 4) is 0 Å². The van der Waals surface area contributed by atoms with E-state index in [-0.39, 0.29) is 16.8 Å². The Bertz CT molecular complexity index is 955. The minimum atomic E-state index is -3.88. The van der Waals surface area contributed by atoms with Gasteiger partial charge >= 0.3 is 0 Å². The highest BCUT2D eigenvalue weighted by Gasteiger charge is 2.23. The summed E-state index contributed by atoms with van der Waals surface area (Å²) in [4.78, 5) is 17.6. The van der Waals surface area contributed by atoms with Crippen molar-refractivity contribution in [2.24, 2.45) is 5.14 Å². The highest BCUT2D eigenvalue weighted by Crippen LogP contribution is 2.19. The van der Waals surface area contributed by atoms with Crippen molar-refractivity contribution in [1.82, 2.24) is 15.1 Å². The van der Waals surface area contributed by atoms with Crippen LogP contribution in [0.1, 0.15) is 27.5 Å². The van der Waals surface area contributed by atoms with E-state index in [2.05, 4.69) is 22.2 Å². The Labute approximate surface area is 172 Å². The molecule has 0 saturated carbocycles. The molecule has 3 rings (SSSR count). The van der Waals surface area contributed by atoms with Crippen molar-refractivity contribution < 1.29 is 13.2 Å². The van der Waals surface area contributed by atoms with E-state index < -0.39 is 10.0 Å². The van der Waals surface area contributed by atoms with Crippen LogP contribution in [0.15, 0.2) is 53.4 Å². The van der Waals surface area contributed by atoms with Gasteiger partial charge in [-0.05, 0) is 37.2 Å². The van der Waals surface area contributed by atoms with Gasteiger partial charge in [-0.15, -0.1) is 0 Å². The smallest absolute Gasteiger partial charge is 0.252 e. The molecule has 29 heavy (non-hydrogen) atoms. The molecule has 3 N–H and O–H groups in total. The van der Waals surface area contributed by atoms with Crippen LogP contribution >= 0.6 is 0 Å². The zero-order valence-electron chi connectivity index (χ0n) is 16.8. The van der Waals surface area contributed by atoms with E-state index in [0.717, 1.165) is 31.7 Å². The summed E-state index contributed by atoms with van der Waals surface area (Å²) in [5.41, 5.74) is 2.03. The number of carbonyl (C=O) groups is 1. The number of sulfonamides is 1. The SMILES string of the molecule is Cc1ccc(S(N)(=O)=O)cc1C(=O)NC(CN1CCN(C)CC1)c1ccccc1. The third-order valence-electron chi connectivity index (χ3n) is 5.33. The van der Waals surface area contributed by atoms with Gasteiger partial charge in [0.1, 0.15) is 0 Å². The molecule has 8 heteroatoms. The molecule has 1 fully saturated rings. The second-order valence-corrected chi connectivity index (χ2v) is 9.12. The second-order valence-electron chi connectivity index (χ2n) is 7.56. The lowest BCUT2D eigenvalue weighted by atomic mass is 10.0. The van der Waals surface area contributed by atoms with Crippen molar-refractivity contribution in [3.63, 3.8) is 0 Å². The van der Waals surface area contributed by atoms with E-state index in [1.807, 2.05) is 30.3 Å². The minimum Gasteiger partial charge on any atom is -0.344 e. The molecule has 0 aliphatic carbocycles. The van der Waals surface area contributed by atoms with Crippen LogP contribution in [-0.4, -0.2) is 63.9 Å². The fraction of sp³-hybridized carbons (Fsp3) is 0.381. The molecule has 2 aromatic rings. The van der Waals surface area contributed by atoms with Crippen LogP contribution in [0.5, 0.6) is 0 Å². The van der Waals surface area contributed by atoms with Crippen LogP contribution in [0.25, 0.3) is 0 Å². The molecular formula is C21H28N4O3S. The molecule has 1 atom stereocenters. The van der Waals surface area contributed by atoms with Crippen LogP contribution in [0.4, 0.5) is 0 Å². The lowest BCUT2D eigenvalue weighted by molar-refractivity contribution is 0.0906. The summed E-state index contributed by atoms with van der Waals surface area (Å²) in [6.45, 7) is 6.33. The van der Waals surface area contributed by atoms with Crippen LogP contribution in [0.2, 0.25) is 0 Å². The molecule has 0 radical (unpaired) electrons. The zero-order valence-corrected chi connectivity index (χ0v) is 17.7. The molecule has 156 valence electrons. The summed E-state index contributed by atoms with van der Waals surface area (Å²) < 4.78 is 23.4. The molecule has 0 aromatic heterocycles. The Morgan fingerprint density at radius 1 is 1.10 bits per heavy atom. The number of primary sulfonamides is 1. The highest BCUT2D eigenvalue weighted by atomic mass is 32.2. The molecule has 1 amide bonds. The number of amides is 1. The Hall–Kier alpha value is -2.26. The molecule has 1 saturated heterocycles. The first-order chi connectivity index (χ1) is 13.7. The highest BCUT2D eigenvalue weighted by molar-refractivity contribution is 7.89. The first kappa shape index (κ1) is 21.4. The van der Waals surface area contributed by atoms with Gasteiger partial charge in [-0.2, -0.15) is 0 Å². The fourth-order valence-corrected chi connectivity index (χ4v) is 4.01. The van der Waals surface area contributed by atoms with Gasteiger partial charge in [-0.1, -0.05) is 36.4 Å². The topological polar surface area (TPSA) is 95.7 Å². The monoisotopic (exact) mass is 416 g/mol. The maximum Gasteiger partial charge on any atom is 0.252 e. The molecule has 0 spiro atoms. The molecule has 1 heterocycles. The van der Waals surface area contributed by atoms with E-state index in [4.69, 9.17) is 5.14 Å². The van der Waals surface area contributed by atoms with Gasteiger partial charge < -0.3 is 10.2 Å². The minimum absolute atomic E-state index is 0.0661. The van der Waals surface area contributed by atoms with Crippen molar-refractivity contribution >= 4 is 15.9 Å². The number of benzene rings is 2. The molecule has 1 unspecified atom stereocenters. The number of piperazine rings is 1. The third kappa shape index (κ3) is 5.63. The average molecular weight is 417 g/mol. The largest absolute Gasteiger partial charge is 0.344 e. The molecule has 0 bridgehead atoms. The quantitative estimate of drug-likeness (QED) is 0.741. The summed E-state index contributed by atoms with van der Waals surface area (Å²) >= 11 is 0. The molecule has 1 aliphatic heterocycles. The lowest BCUT2D eigenvalue weighted by Crippen LogP contribution is -2.47. The number of hydrogen-bond acceptors (Lipinski definition) is 5.